The number of nitro groups is 1. The van der Waals surface area contributed by atoms with Crippen molar-refractivity contribution in [2.45, 2.75) is 0 Å². The molecule has 8 heteroatoms. The van der Waals surface area contributed by atoms with Crippen molar-refractivity contribution < 1.29 is 9.72 Å². The lowest BCUT2D eigenvalue weighted by molar-refractivity contribution is -0.384. The lowest BCUT2D eigenvalue weighted by Gasteiger charge is -2.14. The van der Waals surface area contributed by atoms with E-state index >= 15 is 0 Å². The van der Waals surface area contributed by atoms with Crippen molar-refractivity contribution in [3.8, 4) is 0 Å². The average Bonchev–Trinajstić information content (AvgIpc) is 2.71. The van der Waals surface area contributed by atoms with Gasteiger partial charge in [-0.15, -0.1) is 0 Å². The highest BCUT2D eigenvalue weighted by molar-refractivity contribution is 6.07. The van der Waals surface area contributed by atoms with E-state index in [0.717, 1.165) is 27.5 Å². The van der Waals surface area contributed by atoms with E-state index < -0.39 is 11.0 Å². The van der Waals surface area contributed by atoms with E-state index in [2.05, 4.69) is 21.2 Å². The van der Waals surface area contributed by atoms with Crippen molar-refractivity contribution in [3.05, 3.63) is 82.9 Å². The number of nitrogens with one attached hydrogen (secondary N) is 3. The van der Waals surface area contributed by atoms with E-state index in [1.54, 1.807) is 0 Å². The Kier molecular flexibility index (Phi) is 4.43. The van der Waals surface area contributed by atoms with Gasteiger partial charge in [0, 0.05) is 28.6 Å². The second-order valence-corrected chi connectivity index (χ2v) is 6.03. The van der Waals surface area contributed by atoms with Crippen molar-refractivity contribution in [1.82, 2.24) is 10.4 Å². The summed E-state index contributed by atoms with van der Waals surface area (Å²) in [6.07, 6.45) is 0. The van der Waals surface area contributed by atoms with Gasteiger partial charge in [-0.3, -0.25) is 21.0 Å². The highest BCUT2D eigenvalue weighted by atomic mass is 16.6. The Bertz CT molecular complexity index is 1140. The molecule has 2 amide bonds. The Balaban J connectivity index is 1.56. The van der Waals surface area contributed by atoms with Crippen molar-refractivity contribution in [1.29, 1.82) is 0 Å². The number of hydrogen-bond donors (Lipinski definition) is 3. The van der Waals surface area contributed by atoms with Crippen LogP contribution < -0.4 is 16.2 Å². The number of rotatable bonds is 4. The summed E-state index contributed by atoms with van der Waals surface area (Å²) < 4.78 is 0. The van der Waals surface area contributed by atoms with E-state index in [0.29, 0.717) is 5.69 Å². The number of fused-ring (bicyclic) bond motifs is 2. The molecule has 4 rings (SSSR count). The van der Waals surface area contributed by atoms with Crippen LogP contribution in [-0.2, 0) is 0 Å². The largest absolute Gasteiger partial charge is 0.337 e. The summed E-state index contributed by atoms with van der Waals surface area (Å²) in [5.74, 6) is 0. The van der Waals surface area contributed by atoms with Gasteiger partial charge in [0.05, 0.1) is 21.6 Å². The van der Waals surface area contributed by atoms with Gasteiger partial charge in [-0.05, 0) is 24.3 Å². The quantitative estimate of drug-likeness (QED) is 0.278. The standard InChI is InChI=1S/C20H15N5O3/c26-20(21-13-9-11-14(12-10-13)25(27)28)24-23-19-15-5-1-3-7-17(15)22-18-8-4-2-6-16(18)19/h1-12H,(H,22,23)(H2,21,24,26). The van der Waals surface area contributed by atoms with Gasteiger partial charge in [0.25, 0.3) is 5.69 Å². The molecule has 3 N–H and O–H groups in total. The molecule has 0 saturated heterocycles. The molecule has 0 aliphatic heterocycles. The number of pyridine rings is 1. The zero-order chi connectivity index (χ0) is 19.5. The number of nitro benzene ring substituents is 1. The van der Waals surface area contributed by atoms with Gasteiger partial charge >= 0.3 is 6.03 Å². The predicted octanol–water partition coefficient (Wildman–Crippen LogP) is 4.44. The SMILES string of the molecule is O=C(NNc1c2ccccc2nc2ccccc12)Nc1ccc([N+](=O)[O-])cc1. The van der Waals surface area contributed by atoms with Crippen LogP contribution in [0.3, 0.4) is 0 Å². The summed E-state index contributed by atoms with van der Waals surface area (Å²) in [6, 6.07) is 20.4. The first kappa shape index (κ1) is 17.2. The molecule has 1 heterocycles. The van der Waals surface area contributed by atoms with Crippen molar-refractivity contribution in [3.63, 3.8) is 0 Å². The van der Waals surface area contributed by atoms with Crippen LogP contribution in [0.2, 0.25) is 0 Å². The van der Waals surface area contributed by atoms with Gasteiger partial charge in [-0.1, -0.05) is 36.4 Å². The molecule has 1 aromatic heterocycles. The molecule has 0 fully saturated rings. The van der Waals surface area contributed by atoms with Crippen LogP contribution in [0.15, 0.2) is 72.8 Å². The molecule has 0 spiro atoms. The Labute approximate surface area is 159 Å². The second kappa shape index (κ2) is 7.20. The maximum Gasteiger partial charge on any atom is 0.337 e. The second-order valence-electron chi connectivity index (χ2n) is 6.03. The molecule has 0 saturated carbocycles. The van der Waals surface area contributed by atoms with Gasteiger partial charge in [0.2, 0.25) is 0 Å². The van der Waals surface area contributed by atoms with Crippen molar-refractivity contribution >= 4 is 44.9 Å². The fourth-order valence-corrected chi connectivity index (χ4v) is 2.92. The lowest BCUT2D eigenvalue weighted by atomic mass is 10.1. The van der Waals surface area contributed by atoms with Crippen LogP contribution in [0.4, 0.5) is 21.9 Å². The number of urea groups is 1. The minimum Gasteiger partial charge on any atom is -0.307 e. The maximum atomic E-state index is 12.2. The molecule has 0 aliphatic rings. The number of nitrogens with zero attached hydrogens (tertiary/aromatic N) is 2. The van der Waals surface area contributed by atoms with E-state index in [1.165, 1.54) is 24.3 Å². The number of aromatic nitrogens is 1. The van der Waals surface area contributed by atoms with E-state index in [1.807, 2.05) is 48.5 Å². The molecule has 0 atom stereocenters. The molecule has 28 heavy (non-hydrogen) atoms. The van der Waals surface area contributed by atoms with Crippen LogP contribution >= 0.6 is 0 Å². The Morgan fingerprint density at radius 1 is 0.857 bits per heavy atom. The minimum atomic E-state index is -0.501. The third kappa shape index (κ3) is 3.38. The van der Waals surface area contributed by atoms with Gasteiger partial charge in [-0.2, -0.15) is 0 Å². The summed E-state index contributed by atoms with van der Waals surface area (Å²) in [6.45, 7) is 0. The number of hydrazine groups is 1. The van der Waals surface area contributed by atoms with E-state index in [-0.39, 0.29) is 5.69 Å². The first-order valence-corrected chi connectivity index (χ1v) is 8.47. The molecular weight excluding hydrogens is 358 g/mol. The van der Waals surface area contributed by atoms with Gasteiger partial charge in [0.1, 0.15) is 0 Å². The molecule has 0 aliphatic carbocycles. The Morgan fingerprint density at radius 3 is 2.00 bits per heavy atom. The molecule has 3 aromatic carbocycles. The van der Waals surface area contributed by atoms with Crippen LogP contribution in [0.1, 0.15) is 0 Å². The predicted molar refractivity (Wildman–Crippen MR) is 108 cm³/mol. The lowest BCUT2D eigenvalue weighted by Crippen LogP contribution is -2.33. The molecule has 0 bridgehead atoms. The molecule has 4 aromatic rings. The fourth-order valence-electron chi connectivity index (χ4n) is 2.92. The molecule has 0 unspecified atom stereocenters. The van der Waals surface area contributed by atoms with Gasteiger partial charge in [-0.25, -0.2) is 9.78 Å². The number of para-hydroxylation sites is 2. The number of benzene rings is 3. The number of anilines is 2. The minimum absolute atomic E-state index is 0.0428. The third-order valence-electron chi connectivity index (χ3n) is 4.22. The third-order valence-corrected chi connectivity index (χ3v) is 4.22. The van der Waals surface area contributed by atoms with Crippen LogP contribution in [-0.4, -0.2) is 15.9 Å². The Hall–Kier alpha value is -4.20. The van der Waals surface area contributed by atoms with Crippen molar-refractivity contribution in [2.24, 2.45) is 0 Å². The summed E-state index contributed by atoms with van der Waals surface area (Å²) in [7, 11) is 0. The zero-order valence-corrected chi connectivity index (χ0v) is 14.5. The molecule has 8 nitrogen and oxygen atoms in total. The molecule has 138 valence electrons. The average molecular weight is 373 g/mol. The topological polar surface area (TPSA) is 109 Å². The monoisotopic (exact) mass is 373 g/mol. The highest BCUT2D eigenvalue weighted by Crippen LogP contribution is 2.29. The number of carbonyl (C=O) groups is 1. The molecule has 0 radical (unpaired) electrons. The van der Waals surface area contributed by atoms with Crippen LogP contribution in [0.5, 0.6) is 0 Å². The molecular formula is C20H15N5O3. The van der Waals surface area contributed by atoms with Gasteiger partial charge < -0.3 is 5.32 Å². The first-order valence-electron chi connectivity index (χ1n) is 8.47. The maximum absolute atomic E-state index is 12.2. The van der Waals surface area contributed by atoms with Crippen LogP contribution in [0.25, 0.3) is 21.8 Å². The number of carbonyl (C=O) groups excluding carboxylic acids is 1. The number of non-ortho nitro benzene ring substituents is 1. The summed E-state index contributed by atoms with van der Waals surface area (Å²) in [5.41, 5.74) is 8.32. The van der Waals surface area contributed by atoms with Crippen molar-refractivity contribution in [2.75, 3.05) is 10.7 Å². The van der Waals surface area contributed by atoms with Crippen LogP contribution in [0, 0.1) is 10.1 Å². The normalized spacial score (nSPS) is 10.6. The van der Waals surface area contributed by atoms with E-state index in [4.69, 9.17) is 0 Å². The smallest absolute Gasteiger partial charge is 0.307 e. The first-order chi connectivity index (χ1) is 13.6. The van der Waals surface area contributed by atoms with Gasteiger partial charge in [0.15, 0.2) is 0 Å². The fraction of sp³-hybridized carbons (Fsp3) is 0. The van der Waals surface area contributed by atoms with E-state index in [9.17, 15) is 14.9 Å². The zero-order valence-electron chi connectivity index (χ0n) is 14.5. The number of hydrogen-bond acceptors (Lipinski definition) is 5. The highest BCUT2D eigenvalue weighted by Gasteiger charge is 2.10. The summed E-state index contributed by atoms with van der Waals surface area (Å²) in [5, 5.41) is 15.1. The Morgan fingerprint density at radius 2 is 1.43 bits per heavy atom. The number of amides is 2. The summed E-state index contributed by atoms with van der Waals surface area (Å²) >= 11 is 0. The summed E-state index contributed by atoms with van der Waals surface area (Å²) in [4.78, 5) is 27.1.